The van der Waals surface area contributed by atoms with Gasteiger partial charge in [-0.3, -0.25) is 0 Å². The second-order valence-corrected chi connectivity index (χ2v) is 3.78. The molecule has 2 rings (SSSR count). The van der Waals surface area contributed by atoms with Crippen molar-refractivity contribution < 1.29 is 19.1 Å². The van der Waals surface area contributed by atoms with Gasteiger partial charge < -0.3 is 9.47 Å². The summed E-state index contributed by atoms with van der Waals surface area (Å²) in [4.78, 5) is 27.1. The van der Waals surface area contributed by atoms with Gasteiger partial charge in [-0.2, -0.15) is 5.10 Å². The summed E-state index contributed by atoms with van der Waals surface area (Å²) in [5, 5.41) is 3.98. The Bertz CT molecular complexity index is 620. The van der Waals surface area contributed by atoms with E-state index in [4.69, 9.17) is 4.74 Å². The van der Waals surface area contributed by atoms with E-state index in [9.17, 15) is 9.59 Å². The van der Waals surface area contributed by atoms with Crippen molar-refractivity contribution in [1.29, 1.82) is 0 Å². The maximum Gasteiger partial charge on any atom is 0.344 e. The molecule has 0 unspecified atom stereocenters. The second kappa shape index (κ2) is 5.47. The van der Waals surface area contributed by atoms with E-state index in [0.29, 0.717) is 5.65 Å². The van der Waals surface area contributed by atoms with Gasteiger partial charge in [-0.15, -0.1) is 0 Å². The van der Waals surface area contributed by atoms with Crippen LogP contribution in [0, 0.1) is 6.92 Å². The normalized spacial score (nSPS) is 10.4. The van der Waals surface area contributed by atoms with E-state index in [-0.39, 0.29) is 12.2 Å². The molecule has 0 aliphatic rings. The number of rotatable bonds is 4. The molecule has 0 amide bonds. The van der Waals surface area contributed by atoms with E-state index in [0.717, 1.165) is 5.69 Å². The van der Waals surface area contributed by atoms with Crippen molar-refractivity contribution in [3.8, 4) is 0 Å². The van der Waals surface area contributed by atoms with E-state index < -0.39 is 18.5 Å². The molecule has 0 N–H and O–H groups in total. The van der Waals surface area contributed by atoms with Crippen molar-refractivity contribution in [1.82, 2.24) is 14.6 Å². The van der Waals surface area contributed by atoms with Gasteiger partial charge in [-0.25, -0.2) is 19.1 Å². The largest absolute Gasteiger partial charge is 0.463 e. The lowest BCUT2D eigenvalue weighted by molar-refractivity contribution is -0.146. The van der Waals surface area contributed by atoms with E-state index in [1.165, 1.54) is 10.7 Å². The Morgan fingerprint density at radius 3 is 2.89 bits per heavy atom. The van der Waals surface area contributed by atoms with Crippen LogP contribution in [0.25, 0.3) is 5.65 Å². The minimum Gasteiger partial charge on any atom is -0.463 e. The fraction of sp³-hybridized carbons (Fsp3) is 0.333. The molecule has 0 spiro atoms. The summed E-state index contributed by atoms with van der Waals surface area (Å²) >= 11 is 0. The van der Waals surface area contributed by atoms with Crippen LogP contribution in [-0.4, -0.2) is 39.8 Å². The molecule has 7 nitrogen and oxygen atoms in total. The van der Waals surface area contributed by atoms with Crippen molar-refractivity contribution in [3.05, 3.63) is 29.7 Å². The summed E-state index contributed by atoms with van der Waals surface area (Å²) in [6.45, 7) is 3.31. The maximum atomic E-state index is 11.8. The average Bonchev–Trinajstić information content (AvgIpc) is 2.79. The molecule has 2 heterocycles. The Hall–Kier alpha value is -2.44. The van der Waals surface area contributed by atoms with Crippen molar-refractivity contribution in [3.63, 3.8) is 0 Å². The fourth-order valence-electron chi connectivity index (χ4n) is 1.51. The van der Waals surface area contributed by atoms with Gasteiger partial charge in [0.25, 0.3) is 0 Å². The summed E-state index contributed by atoms with van der Waals surface area (Å²) < 4.78 is 11.0. The third kappa shape index (κ3) is 2.87. The van der Waals surface area contributed by atoms with Crippen LogP contribution in [0.1, 0.15) is 23.0 Å². The van der Waals surface area contributed by atoms with Crippen LogP contribution >= 0.6 is 0 Å². The molecule has 100 valence electrons. The molecule has 0 aliphatic heterocycles. The quantitative estimate of drug-likeness (QED) is 0.757. The third-order valence-electron chi connectivity index (χ3n) is 2.35. The number of aryl methyl sites for hydroxylation is 1. The van der Waals surface area contributed by atoms with Gasteiger partial charge in [0.1, 0.15) is 5.56 Å². The number of nitrogens with zero attached hydrogens (tertiary/aromatic N) is 3. The smallest absolute Gasteiger partial charge is 0.344 e. The predicted molar refractivity (Wildman–Crippen MR) is 64.6 cm³/mol. The summed E-state index contributed by atoms with van der Waals surface area (Å²) in [5.74, 6) is -1.24. The van der Waals surface area contributed by atoms with Crippen molar-refractivity contribution in [2.75, 3.05) is 13.2 Å². The van der Waals surface area contributed by atoms with E-state index in [1.54, 1.807) is 26.1 Å². The lowest BCUT2D eigenvalue weighted by Crippen LogP contribution is -2.16. The molecule has 7 heteroatoms. The number of ether oxygens (including phenoxy) is 2. The number of fused-ring (bicyclic) bond motifs is 1. The molecular weight excluding hydrogens is 250 g/mol. The number of aromatic nitrogens is 3. The number of hydrogen-bond donors (Lipinski definition) is 0. The van der Waals surface area contributed by atoms with Crippen LogP contribution in [0.3, 0.4) is 0 Å². The molecule has 2 aromatic rings. The van der Waals surface area contributed by atoms with Crippen LogP contribution in [0.5, 0.6) is 0 Å². The number of hydrogen-bond acceptors (Lipinski definition) is 6. The van der Waals surface area contributed by atoms with E-state index >= 15 is 0 Å². The molecule has 0 saturated heterocycles. The van der Waals surface area contributed by atoms with Crippen LogP contribution < -0.4 is 0 Å². The highest BCUT2D eigenvalue weighted by Gasteiger charge is 2.17. The number of carbonyl (C=O) groups excluding carboxylic acids is 2. The van der Waals surface area contributed by atoms with Gasteiger partial charge in [0.05, 0.1) is 12.8 Å². The maximum absolute atomic E-state index is 11.8. The lowest BCUT2D eigenvalue weighted by Gasteiger charge is -2.03. The zero-order chi connectivity index (χ0) is 13.8. The van der Waals surface area contributed by atoms with Gasteiger partial charge in [0.15, 0.2) is 12.3 Å². The number of esters is 2. The van der Waals surface area contributed by atoms with Gasteiger partial charge in [0.2, 0.25) is 0 Å². The predicted octanol–water partition coefficient (Wildman–Crippen LogP) is 0.758. The molecule has 0 aliphatic carbocycles. The zero-order valence-corrected chi connectivity index (χ0v) is 10.6. The molecule has 2 aromatic heterocycles. The van der Waals surface area contributed by atoms with Gasteiger partial charge in [0, 0.05) is 11.9 Å². The summed E-state index contributed by atoms with van der Waals surface area (Å²) in [6.07, 6.45) is 3.05. The van der Waals surface area contributed by atoms with Gasteiger partial charge in [-0.05, 0) is 19.9 Å². The Morgan fingerprint density at radius 1 is 1.37 bits per heavy atom. The zero-order valence-electron chi connectivity index (χ0n) is 10.6. The van der Waals surface area contributed by atoms with Gasteiger partial charge >= 0.3 is 11.9 Å². The highest BCUT2D eigenvalue weighted by atomic mass is 16.6. The highest BCUT2D eigenvalue weighted by molar-refractivity contribution is 5.96. The summed E-state index contributed by atoms with van der Waals surface area (Å²) in [6, 6.07) is 1.77. The monoisotopic (exact) mass is 263 g/mol. The Kier molecular flexibility index (Phi) is 3.74. The highest BCUT2D eigenvalue weighted by Crippen LogP contribution is 2.10. The standard InChI is InChI=1S/C12H13N3O4/c1-3-18-10(16)7-19-12(17)9-6-13-15-5-4-8(2)14-11(9)15/h4-6H,3,7H2,1-2H3. The Morgan fingerprint density at radius 2 is 2.16 bits per heavy atom. The Balaban J connectivity index is 2.13. The van der Waals surface area contributed by atoms with Gasteiger partial charge in [-0.1, -0.05) is 0 Å². The molecule has 0 bridgehead atoms. The topological polar surface area (TPSA) is 82.8 Å². The Labute approximate surface area is 109 Å². The number of carbonyl (C=O) groups is 2. The van der Waals surface area contributed by atoms with E-state index in [1.807, 2.05) is 0 Å². The van der Waals surface area contributed by atoms with Crippen molar-refractivity contribution in [2.24, 2.45) is 0 Å². The van der Waals surface area contributed by atoms with Crippen molar-refractivity contribution >= 4 is 17.6 Å². The SMILES string of the molecule is CCOC(=O)COC(=O)c1cnn2ccc(C)nc12. The van der Waals surface area contributed by atoms with Crippen molar-refractivity contribution in [2.45, 2.75) is 13.8 Å². The molecular formula is C12H13N3O4. The minimum absolute atomic E-state index is 0.216. The average molecular weight is 263 g/mol. The third-order valence-corrected chi connectivity index (χ3v) is 2.35. The fourth-order valence-corrected chi connectivity index (χ4v) is 1.51. The van der Waals surface area contributed by atoms with Crippen LogP contribution in [0.4, 0.5) is 0 Å². The molecule has 0 radical (unpaired) electrons. The molecule has 0 saturated carbocycles. The van der Waals surface area contributed by atoms with Crippen LogP contribution in [0.15, 0.2) is 18.5 Å². The summed E-state index contributed by atoms with van der Waals surface area (Å²) in [7, 11) is 0. The lowest BCUT2D eigenvalue weighted by atomic mass is 10.3. The van der Waals surface area contributed by atoms with Crippen LogP contribution in [0.2, 0.25) is 0 Å². The first-order valence-corrected chi connectivity index (χ1v) is 5.75. The second-order valence-electron chi connectivity index (χ2n) is 3.78. The van der Waals surface area contributed by atoms with Crippen LogP contribution in [-0.2, 0) is 14.3 Å². The molecule has 0 atom stereocenters. The molecule has 0 aromatic carbocycles. The summed E-state index contributed by atoms with van der Waals surface area (Å²) in [5.41, 5.74) is 1.37. The first-order valence-electron chi connectivity index (χ1n) is 5.75. The first-order chi connectivity index (χ1) is 9.11. The van der Waals surface area contributed by atoms with E-state index in [2.05, 4.69) is 14.8 Å². The molecule has 0 fully saturated rings. The first kappa shape index (κ1) is 13.0. The molecule has 19 heavy (non-hydrogen) atoms. The minimum atomic E-state index is -0.652.